The van der Waals surface area contributed by atoms with Gasteiger partial charge in [0, 0.05) is 10.9 Å². The van der Waals surface area contributed by atoms with Gasteiger partial charge < -0.3 is 5.73 Å². The Bertz CT molecular complexity index is 339. The molecular formula is C13H21BrN2S. The molecule has 4 heteroatoms. The van der Waals surface area contributed by atoms with Crippen LogP contribution in [0.1, 0.15) is 37.1 Å². The zero-order chi connectivity index (χ0) is 12.3. The Kier molecular flexibility index (Phi) is 5.03. The minimum absolute atomic E-state index is 0.531. The molecule has 1 fully saturated rings. The van der Waals surface area contributed by atoms with Crippen molar-refractivity contribution in [1.82, 2.24) is 4.90 Å². The first-order valence-corrected chi connectivity index (χ1v) is 8.06. The maximum absolute atomic E-state index is 5.99. The molecule has 2 unspecified atom stereocenters. The van der Waals surface area contributed by atoms with Gasteiger partial charge in [0.15, 0.2) is 0 Å². The molecule has 0 radical (unpaired) electrons. The van der Waals surface area contributed by atoms with Crippen molar-refractivity contribution in [2.24, 2.45) is 11.7 Å². The zero-order valence-electron chi connectivity index (χ0n) is 10.4. The van der Waals surface area contributed by atoms with Gasteiger partial charge in [-0.25, -0.2) is 0 Å². The van der Waals surface area contributed by atoms with E-state index in [-0.39, 0.29) is 0 Å². The second kappa shape index (κ2) is 6.32. The summed E-state index contributed by atoms with van der Waals surface area (Å²) in [6.45, 7) is 5.40. The number of thiophene rings is 1. The Morgan fingerprint density at radius 1 is 1.47 bits per heavy atom. The van der Waals surface area contributed by atoms with Gasteiger partial charge in [-0.3, -0.25) is 4.90 Å². The lowest BCUT2D eigenvalue weighted by atomic mass is 9.93. The number of rotatable bonds is 3. The smallest absolute Gasteiger partial charge is 0.0701 e. The fourth-order valence-electron chi connectivity index (χ4n) is 2.82. The van der Waals surface area contributed by atoms with E-state index in [1.54, 1.807) is 0 Å². The largest absolute Gasteiger partial charge is 0.330 e. The highest BCUT2D eigenvalue weighted by Crippen LogP contribution is 2.38. The zero-order valence-corrected chi connectivity index (χ0v) is 12.8. The van der Waals surface area contributed by atoms with Gasteiger partial charge in [0.25, 0.3) is 0 Å². The summed E-state index contributed by atoms with van der Waals surface area (Å²) in [4.78, 5) is 4.07. The maximum Gasteiger partial charge on any atom is 0.0701 e. The van der Waals surface area contributed by atoms with E-state index < -0.39 is 0 Å². The Morgan fingerprint density at radius 3 is 2.88 bits per heavy atom. The monoisotopic (exact) mass is 316 g/mol. The molecule has 2 N–H and O–H groups in total. The highest BCUT2D eigenvalue weighted by molar-refractivity contribution is 9.11. The van der Waals surface area contributed by atoms with E-state index in [4.69, 9.17) is 5.73 Å². The molecule has 0 bridgehead atoms. The van der Waals surface area contributed by atoms with Gasteiger partial charge in [-0.05, 0) is 66.5 Å². The first-order valence-electron chi connectivity index (χ1n) is 6.45. The summed E-state index contributed by atoms with van der Waals surface area (Å²) in [7, 11) is 0. The summed E-state index contributed by atoms with van der Waals surface area (Å²) in [5.74, 6) is 0.614. The maximum atomic E-state index is 5.99. The van der Waals surface area contributed by atoms with E-state index in [0.717, 1.165) is 13.1 Å². The molecule has 1 saturated heterocycles. The molecule has 1 aromatic heterocycles. The Morgan fingerprint density at radius 2 is 2.29 bits per heavy atom. The molecule has 2 heterocycles. The standard InChI is InChI=1S/C13H21BrN2S/c1-2-16-8-4-3-5-10(9-15)13(16)11-6-7-12(14)17-11/h6-7,10,13H,2-5,8-9,15H2,1H3. The lowest BCUT2D eigenvalue weighted by Gasteiger charge is -2.33. The van der Waals surface area contributed by atoms with Crippen LogP contribution in [0.4, 0.5) is 0 Å². The van der Waals surface area contributed by atoms with Gasteiger partial charge in [-0.2, -0.15) is 0 Å². The summed E-state index contributed by atoms with van der Waals surface area (Å²) >= 11 is 5.43. The minimum Gasteiger partial charge on any atom is -0.330 e. The molecule has 2 nitrogen and oxygen atoms in total. The molecule has 96 valence electrons. The Hall–Kier alpha value is 0.1000. The quantitative estimate of drug-likeness (QED) is 0.922. The molecule has 17 heavy (non-hydrogen) atoms. The van der Waals surface area contributed by atoms with E-state index >= 15 is 0 Å². The predicted octanol–water partition coefficient (Wildman–Crippen LogP) is 3.63. The molecule has 2 rings (SSSR count). The number of hydrogen-bond acceptors (Lipinski definition) is 3. The number of likely N-dealkylation sites (tertiary alicyclic amines) is 1. The Balaban J connectivity index is 2.27. The van der Waals surface area contributed by atoms with Gasteiger partial charge in [-0.15, -0.1) is 11.3 Å². The molecule has 0 spiro atoms. The van der Waals surface area contributed by atoms with E-state index in [1.807, 2.05) is 11.3 Å². The van der Waals surface area contributed by atoms with Gasteiger partial charge in [-0.1, -0.05) is 13.3 Å². The van der Waals surface area contributed by atoms with Crippen LogP contribution >= 0.6 is 27.3 Å². The lowest BCUT2D eigenvalue weighted by Crippen LogP contribution is -2.35. The second-order valence-electron chi connectivity index (χ2n) is 4.71. The predicted molar refractivity (Wildman–Crippen MR) is 78.4 cm³/mol. The summed E-state index contributed by atoms with van der Waals surface area (Å²) < 4.78 is 1.23. The molecular weight excluding hydrogens is 296 g/mol. The topological polar surface area (TPSA) is 29.3 Å². The molecule has 1 aliphatic heterocycles. The van der Waals surface area contributed by atoms with Gasteiger partial charge in [0.1, 0.15) is 0 Å². The number of nitrogens with two attached hydrogens (primary N) is 1. The number of halogens is 1. The molecule has 0 amide bonds. The second-order valence-corrected chi connectivity index (χ2v) is 7.20. The van der Waals surface area contributed by atoms with Gasteiger partial charge in [0.05, 0.1) is 3.79 Å². The van der Waals surface area contributed by atoms with Crippen molar-refractivity contribution in [2.75, 3.05) is 19.6 Å². The third-order valence-corrected chi connectivity index (χ3v) is 5.40. The molecule has 2 atom stereocenters. The summed E-state index contributed by atoms with van der Waals surface area (Å²) in [5.41, 5.74) is 5.99. The van der Waals surface area contributed by atoms with Crippen molar-refractivity contribution >= 4 is 27.3 Å². The third kappa shape index (κ3) is 3.11. The van der Waals surface area contributed by atoms with Crippen LogP contribution in [0.2, 0.25) is 0 Å². The van der Waals surface area contributed by atoms with Crippen molar-refractivity contribution in [1.29, 1.82) is 0 Å². The van der Waals surface area contributed by atoms with Crippen LogP contribution in [-0.4, -0.2) is 24.5 Å². The van der Waals surface area contributed by atoms with Crippen LogP contribution in [0.25, 0.3) is 0 Å². The average molecular weight is 317 g/mol. The van der Waals surface area contributed by atoms with E-state index in [2.05, 4.69) is 39.9 Å². The van der Waals surface area contributed by atoms with Crippen LogP contribution in [0.15, 0.2) is 15.9 Å². The summed E-state index contributed by atoms with van der Waals surface area (Å²) in [6, 6.07) is 4.95. The minimum atomic E-state index is 0.531. The molecule has 0 aromatic carbocycles. The van der Waals surface area contributed by atoms with Crippen molar-refractivity contribution in [3.05, 3.63) is 20.8 Å². The van der Waals surface area contributed by atoms with Crippen LogP contribution < -0.4 is 5.73 Å². The summed E-state index contributed by atoms with van der Waals surface area (Å²) in [5, 5.41) is 0. The lowest BCUT2D eigenvalue weighted by molar-refractivity contribution is 0.170. The third-order valence-electron chi connectivity index (χ3n) is 3.70. The normalized spacial score (nSPS) is 27.0. The highest BCUT2D eigenvalue weighted by atomic mass is 79.9. The fourth-order valence-corrected chi connectivity index (χ4v) is 4.47. The van der Waals surface area contributed by atoms with Crippen LogP contribution in [-0.2, 0) is 0 Å². The Labute approximate surface area is 116 Å². The fraction of sp³-hybridized carbons (Fsp3) is 0.692. The highest BCUT2D eigenvalue weighted by Gasteiger charge is 2.30. The molecule has 0 saturated carbocycles. The van der Waals surface area contributed by atoms with Gasteiger partial charge >= 0.3 is 0 Å². The van der Waals surface area contributed by atoms with Gasteiger partial charge in [0.2, 0.25) is 0 Å². The first kappa shape index (κ1) is 13.5. The van der Waals surface area contributed by atoms with E-state index in [0.29, 0.717) is 12.0 Å². The van der Waals surface area contributed by atoms with E-state index in [9.17, 15) is 0 Å². The average Bonchev–Trinajstić information content (AvgIpc) is 2.65. The van der Waals surface area contributed by atoms with Crippen molar-refractivity contribution in [3.8, 4) is 0 Å². The van der Waals surface area contributed by atoms with Crippen LogP contribution in [0.5, 0.6) is 0 Å². The van der Waals surface area contributed by atoms with Crippen molar-refractivity contribution in [2.45, 2.75) is 32.2 Å². The number of nitrogens with zero attached hydrogens (tertiary/aromatic N) is 1. The number of hydrogen-bond donors (Lipinski definition) is 1. The van der Waals surface area contributed by atoms with Crippen LogP contribution in [0.3, 0.4) is 0 Å². The first-order chi connectivity index (χ1) is 8.26. The van der Waals surface area contributed by atoms with Crippen LogP contribution in [0, 0.1) is 5.92 Å². The molecule has 1 aromatic rings. The van der Waals surface area contributed by atoms with Crippen molar-refractivity contribution < 1.29 is 0 Å². The van der Waals surface area contributed by atoms with Crippen molar-refractivity contribution in [3.63, 3.8) is 0 Å². The summed E-state index contributed by atoms with van der Waals surface area (Å²) in [6.07, 6.45) is 3.90. The SMILES string of the molecule is CCN1CCCCC(CN)C1c1ccc(Br)s1. The molecule has 1 aliphatic rings. The molecule has 0 aliphatic carbocycles. The van der Waals surface area contributed by atoms with E-state index in [1.165, 1.54) is 34.5 Å².